The fourth-order valence-electron chi connectivity index (χ4n) is 3.40. The molecule has 1 atom stereocenters. The van der Waals surface area contributed by atoms with Crippen LogP contribution in [0.5, 0.6) is 0 Å². The molecule has 0 saturated carbocycles. The number of hydrogen-bond acceptors (Lipinski definition) is 2. The van der Waals surface area contributed by atoms with Gasteiger partial charge >= 0.3 is 6.18 Å². The van der Waals surface area contributed by atoms with E-state index in [1.807, 2.05) is 23.1 Å². The Morgan fingerprint density at radius 2 is 1.96 bits per heavy atom. The van der Waals surface area contributed by atoms with Crippen LogP contribution in [-0.4, -0.2) is 24.4 Å². The third-order valence-electron chi connectivity index (χ3n) is 4.61. The summed E-state index contributed by atoms with van der Waals surface area (Å²) in [6.45, 7) is -0.0263. The molecule has 138 valence electrons. The van der Waals surface area contributed by atoms with Crippen LogP contribution in [0.2, 0.25) is 5.02 Å². The minimum Gasteiger partial charge on any atom is -0.323 e. The molecule has 0 spiro atoms. The summed E-state index contributed by atoms with van der Waals surface area (Å²) in [7, 11) is 1.80. The van der Waals surface area contributed by atoms with Gasteiger partial charge in [-0.15, -0.1) is 0 Å². The summed E-state index contributed by atoms with van der Waals surface area (Å²) in [5, 5.41) is 2.19. The van der Waals surface area contributed by atoms with Gasteiger partial charge in [0.1, 0.15) is 0 Å². The first-order valence-electron chi connectivity index (χ1n) is 8.21. The Labute approximate surface area is 154 Å². The van der Waals surface area contributed by atoms with E-state index < -0.39 is 23.3 Å². The largest absolute Gasteiger partial charge is 0.418 e. The number of fused-ring (bicyclic) bond motifs is 1. The van der Waals surface area contributed by atoms with Crippen molar-refractivity contribution in [1.29, 1.82) is 0 Å². The second-order valence-electron chi connectivity index (χ2n) is 6.38. The number of hydrogen-bond donors (Lipinski definition) is 1. The average molecular weight is 383 g/mol. The van der Waals surface area contributed by atoms with Gasteiger partial charge in [-0.2, -0.15) is 13.2 Å². The number of amides is 1. The third kappa shape index (κ3) is 3.86. The van der Waals surface area contributed by atoms with E-state index in [0.717, 1.165) is 24.5 Å². The number of anilines is 1. The van der Waals surface area contributed by atoms with E-state index >= 15 is 0 Å². The van der Waals surface area contributed by atoms with Gasteiger partial charge < -0.3 is 5.32 Å². The van der Waals surface area contributed by atoms with Gasteiger partial charge in [-0.25, -0.2) is 0 Å². The average Bonchev–Trinajstić information content (AvgIpc) is 2.99. The first-order valence-corrected chi connectivity index (χ1v) is 8.59. The SMILES string of the molecule is CN(CC(=O)Nc1c(Cl)cccc1C(F)(F)F)[C@@H]1CCc2ccccc21. The minimum absolute atomic E-state index is 0.0263. The first kappa shape index (κ1) is 18.7. The lowest BCUT2D eigenvalue weighted by molar-refractivity contribution is -0.137. The van der Waals surface area contributed by atoms with E-state index in [-0.39, 0.29) is 17.6 Å². The van der Waals surface area contributed by atoms with Crippen molar-refractivity contribution < 1.29 is 18.0 Å². The molecule has 0 bridgehead atoms. The quantitative estimate of drug-likeness (QED) is 0.814. The molecule has 1 aliphatic carbocycles. The molecule has 26 heavy (non-hydrogen) atoms. The highest BCUT2D eigenvalue weighted by Crippen LogP contribution is 2.39. The Morgan fingerprint density at radius 3 is 2.69 bits per heavy atom. The first-order chi connectivity index (χ1) is 12.3. The van der Waals surface area contributed by atoms with Crippen LogP contribution in [0.3, 0.4) is 0 Å². The van der Waals surface area contributed by atoms with Crippen molar-refractivity contribution in [2.75, 3.05) is 18.9 Å². The summed E-state index contributed by atoms with van der Waals surface area (Å²) >= 11 is 5.88. The molecule has 0 unspecified atom stereocenters. The van der Waals surface area contributed by atoms with Crippen LogP contribution in [0.1, 0.15) is 29.2 Å². The molecule has 0 heterocycles. The summed E-state index contributed by atoms with van der Waals surface area (Å²) in [5.41, 5.74) is 1.06. The van der Waals surface area contributed by atoms with Crippen LogP contribution >= 0.6 is 11.6 Å². The monoisotopic (exact) mass is 382 g/mol. The van der Waals surface area contributed by atoms with E-state index in [1.54, 1.807) is 7.05 Å². The zero-order valence-electron chi connectivity index (χ0n) is 14.1. The number of nitrogens with zero attached hydrogens (tertiary/aromatic N) is 1. The molecule has 0 aliphatic heterocycles. The maximum Gasteiger partial charge on any atom is 0.418 e. The van der Waals surface area contributed by atoms with Gasteiger partial charge in [-0.3, -0.25) is 9.69 Å². The van der Waals surface area contributed by atoms with E-state index in [9.17, 15) is 18.0 Å². The molecule has 0 fully saturated rings. The van der Waals surface area contributed by atoms with E-state index in [0.29, 0.717) is 0 Å². The number of likely N-dealkylation sites (N-methyl/N-ethyl adjacent to an activating group) is 1. The lowest BCUT2D eigenvalue weighted by Gasteiger charge is -2.25. The van der Waals surface area contributed by atoms with Gasteiger partial charge in [-0.05, 0) is 43.1 Å². The zero-order valence-corrected chi connectivity index (χ0v) is 14.9. The molecular formula is C19H18ClF3N2O. The zero-order chi connectivity index (χ0) is 18.9. The molecule has 0 radical (unpaired) electrons. The fourth-order valence-corrected chi connectivity index (χ4v) is 3.62. The predicted octanol–water partition coefficient (Wildman–Crippen LogP) is 4.92. The maximum atomic E-state index is 13.1. The molecule has 0 saturated heterocycles. The molecule has 1 aliphatic rings. The summed E-state index contributed by atoms with van der Waals surface area (Å²) in [6.07, 6.45) is -2.79. The van der Waals surface area contributed by atoms with Crippen molar-refractivity contribution in [2.24, 2.45) is 0 Å². The number of alkyl halides is 3. The number of benzene rings is 2. The minimum atomic E-state index is -4.59. The molecule has 1 amide bonds. The van der Waals surface area contributed by atoms with Crippen molar-refractivity contribution in [2.45, 2.75) is 25.1 Å². The van der Waals surface area contributed by atoms with E-state index in [4.69, 9.17) is 11.6 Å². The molecule has 1 N–H and O–H groups in total. The summed E-state index contributed by atoms with van der Waals surface area (Å²) in [5.74, 6) is -0.532. The highest BCUT2D eigenvalue weighted by Gasteiger charge is 2.35. The van der Waals surface area contributed by atoms with Gasteiger partial charge in [0.2, 0.25) is 5.91 Å². The Morgan fingerprint density at radius 1 is 1.23 bits per heavy atom. The Balaban J connectivity index is 1.73. The Hall–Kier alpha value is -2.05. The van der Waals surface area contributed by atoms with Crippen LogP contribution in [0.4, 0.5) is 18.9 Å². The Bertz CT molecular complexity index is 823. The molecule has 0 aromatic heterocycles. The molecule has 3 rings (SSSR count). The number of para-hydroxylation sites is 1. The normalized spacial score (nSPS) is 16.6. The van der Waals surface area contributed by atoms with Gasteiger partial charge in [0.15, 0.2) is 0 Å². The lowest BCUT2D eigenvalue weighted by Crippen LogP contribution is -2.33. The van der Waals surface area contributed by atoms with Gasteiger partial charge in [0, 0.05) is 6.04 Å². The van der Waals surface area contributed by atoms with Gasteiger partial charge in [0.25, 0.3) is 0 Å². The van der Waals surface area contributed by atoms with Gasteiger partial charge in [-0.1, -0.05) is 41.9 Å². The van der Waals surface area contributed by atoms with Crippen molar-refractivity contribution in [3.05, 3.63) is 64.2 Å². The summed E-state index contributed by atoms with van der Waals surface area (Å²) < 4.78 is 39.4. The van der Waals surface area contributed by atoms with Crippen molar-refractivity contribution in [3.63, 3.8) is 0 Å². The van der Waals surface area contributed by atoms with Crippen molar-refractivity contribution >= 4 is 23.2 Å². The fraction of sp³-hybridized carbons (Fsp3) is 0.316. The summed E-state index contributed by atoms with van der Waals surface area (Å²) in [4.78, 5) is 14.2. The van der Waals surface area contributed by atoms with Crippen molar-refractivity contribution in [3.8, 4) is 0 Å². The molecule has 2 aromatic carbocycles. The molecule has 3 nitrogen and oxygen atoms in total. The molecular weight excluding hydrogens is 365 g/mol. The standard InChI is InChI=1S/C19H18ClF3N2O/c1-25(16-10-9-12-5-2-3-6-13(12)16)11-17(26)24-18-14(19(21,22)23)7-4-8-15(18)20/h2-8,16H,9-11H2,1H3,(H,24,26)/t16-/m1/s1. The highest BCUT2D eigenvalue weighted by atomic mass is 35.5. The van der Waals surface area contributed by atoms with Gasteiger partial charge in [0.05, 0.1) is 22.8 Å². The van der Waals surface area contributed by atoms with Crippen LogP contribution in [0, 0.1) is 0 Å². The third-order valence-corrected chi connectivity index (χ3v) is 4.92. The predicted molar refractivity (Wildman–Crippen MR) is 95.2 cm³/mol. The summed E-state index contributed by atoms with van der Waals surface area (Å²) in [6, 6.07) is 11.5. The second kappa shape index (κ2) is 7.29. The maximum absolute atomic E-state index is 13.1. The lowest BCUT2D eigenvalue weighted by atomic mass is 10.1. The van der Waals surface area contributed by atoms with E-state index in [2.05, 4.69) is 11.4 Å². The molecule has 7 heteroatoms. The number of carbonyl (C=O) groups is 1. The number of rotatable bonds is 4. The van der Waals surface area contributed by atoms with E-state index in [1.165, 1.54) is 17.7 Å². The topological polar surface area (TPSA) is 32.3 Å². The van der Waals surface area contributed by atoms with Crippen LogP contribution in [0.25, 0.3) is 0 Å². The van der Waals surface area contributed by atoms with Crippen molar-refractivity contribution in [1.82, 2.24) is 4.90 Å². The van der Waals surface area contributed by atoms with Crippen LogP contribution in [-0.2, 0) is 17.4 Å². The Kier molecular flexibility index (Phi) is 5.25. The van der Waals surface area contributed by atoms with Crippen LogP contribution < -0.4 is 5.32 Å². The number of carbonyl (C=O) groups excluding carboxylic acids is 1. The number of nitrogens with one attached hydrogen (secondary N) is 1. The number of aryl methyl sites for hydroxylation is 1. The number of halogens is 4. The van der Waals surface area contributed by atoms with Crippen LogP contribution in [0.15, 0.2) is 42.5 Å². The second-order valence-corrected chi connectivity index (χ2v) is 6.78. The highest BCUT2D eigenvalue weighted by molar-refractivity contribution is 6.34. The smallest absolute Gasteiger partial charge is 0.323 e. The molecule has 2 aromatic rings.